The summed E-state index contributed by atoms with van der Waals surface area (Å²) in [6.45, 7) is 0.309. The summed E-state index contributed by atoms with van der Waals surface area (Å²) in [6, 6.07) is 1.96. The molecule has 0 aliphatic heterocycles. The average Bonchev–Trinajstić information content (AvgIpc) is 2.27. The fourth-order valence-corrected chi connectivity index (χ4v) is 2.22. The van der Waals surface area contributed by atoms with Gasteiger partial charge >= 0.3 is 0 Å². The minimum atomic E-state index is -1.49. The van der Waals surface area contributed by atoms with E-state index in [1.54, 1.807) is 0 Å². The van der Waals surface area contributed by atoms with E-state index in [0.717, 1.165) is 25.0 Å². The maximum Gasteiger partial charge on any atom is 0.203 e. The van der Waals surface area contributed by atoms with Crippen molar-refractivity contribution in [3.8, 4) is 5.75 Å². The molecule has 0 atom stereocenters. The second-order valence-corrected chi connectivity index (χ2v) is 4.65. The van der Waals surface area contributed by atoms with Crippen LogP contribution in [-0.2, 0) is 4.43 Å². The molecule has 6 heteroatoms. The molecular formula is C11H13F3O2Si. The van der Waals surface area contributed by atoms with Crippen LogP contribution in [0.4, 0.5) is 13.2 Å². The van der Waals surface area contributed by atoms with Crippen molar-refractivity contribution in [1.82, 2.24) is 0 Å². The molecule has 0 unspecified atom stereocenters. The van der Waals surface area contributed by atoms with Gasteiger partial charge < -0.3 is 9.16 Å². The summed E-state index contributed by atoms with van der Waals surface area (Å²) in [4.78, 5) is 0. The predicted octanol–water partition coefficient (Wildman–Crippen LogP) is 1.56. The molecule has 1 aliphatic carbocycles. The van der Waals surface area contributed by atoms with E-state index < -0.39 is 17.5 Å². The fraction of sp³-hybridized carbons (Fsp3) is 0.455. The van der Waals surface area contributed by atoms with Crippen molar-refractivity contribution in [2.45, 2.75) is 18.9 Å². The van der Waals surface area contributed by atoms with E-state index in [9.17, 15) is 13.2 Å². The number of rotatable bonds is 4. The van der Waals surface area contributed by atoms with Crippen molar-refractivity contribution in [2.75, 3.05) is 6.61 Å². The third-order valence-corrected chi connectivity index (χ3v) is 3.67. The van der Waals surface area contributed by atoms with Crippen molar-refractivity contribution in [3.05, 3.63) is 29.6 Å². The molecule has 0 spiro atoms. The summed E-state index contributed by atoms with van der Waals surface area (Å²) in [5.41, 5.74) is 0. The Morgan fingerprint density at radius 3 is 2.53 bits per heavy atom. The van der Waals surface area contributed by atoms with Gasteiger partial charge in [-0.1, -0.05) is 0 Å². The molecule has 0 amide bonds. The summed E-state index contributed by atoms with van der Waals surface area (Å²) in [6.07, 6.45) is 2.06. The van der Waals surface area contributed by atoms with Crippen LogP contribution >= 0.6 is 0 Å². The van der Waals surface area contributed by atoms with Gasteiger partial charge in [-0.15, -0.1) is 0 Å². The van der Waals surface area contributed by atoms with Crippen LogP contribution in [0.5, 0.6) is 5.75 Å². The standard InChI is InChI=1S/C11H13F3O2Si/c12-8-1-2-9(11(14)10(8)13)15-5-6-3-7(4-6)16-17/h1-2,6-7H,3-5H2,17H3/t6-,7+. The van der Waals surface area contributed by atoms with Gasteiger partial charge in [0.05, 0.1) is 6.61 Å². The summed E-state index contributed by atoms with van der Waals surface area (Å²) < 4.78 is 49.1. The molecule has 2 rings (SSSR count). The zero-order chi connectivity index (χ0) is 12.4. The highest BCUT2D eigenvalue weighted by Crippen LogP contribution is 2.30. The molecule has 0 N–H and O–H groups in total. The fourth-order valence-electron chi connectivity index (χ4n) is 1.83. The minimum Gasteiger partial charge on any atom is -0.490 e. The van der Waals surface area contributed by atoms with E-state index in [0.29, 0.717) is 29.1 Å². The molecule has 1 saturated carbocycles. The van der Waals surface area contributed by atoms with Gasteiger partial charge in [-0.3, -0.25) is 0 Å². The average molecular weight is 262 g/mol. The predicted molar refractivity (Wildman–Crippen MR) is 59.3 cm³/mol. The number of benzene rings is 1. The lowest BCUT2D eigenvalue weighted by atomic mass is 9.83. The third-order valence-electron chi connectivity index (χ3n) is 3.00. The van der Waals surface area contributed by atoms with E-state index in [2.05, 4.69) is 0 Å². The highest BCUT2D eigenvalue weighted by atomic mass is 28.2. The number of hydrogen-bond donors (Lipinski definition) is 0. The van der Waals surface area contributed by atoms with Crippen LogP contribution < -0.4 is 4.74 Å². The SMILES string of the molecule is Fc1ccc(OC[C@H]2C[C@@H](O[SiH3])C2)c(F)c1F. The first-order valence-electron chi connectivity index (χ1n) is 5.41. The quantitative estimate of drug-likeness (QED) is 0.605. The summed E-state index contributed by atoms with van der Waals surface area (Å²) in [5, 5.41) is 0. The summed E-state index contributed by atoms with van der Waals surface area (Å²) in [7, 11) is 0.709. The second kappa shape index (κ2) is 5.10. The van der Waals surface area contributed by atoms with E-state index in [4.69, 9.17) is 9.16 Å². The van der Waals surface area contributed by atoms with Crippen LogP contribution in [0.3, 0.4) is 0 Å². The van der Waals surface area contributed by atoms with Gasteiger partial charge in [0.25, 0.3) is 0 Å². The largest absolute Gasteiger partial charge is 0.490 e. The minimum absolute atomic E-state index is 0.237. The first-order chi connectivity index (χ1) is 8.11. The molecule has 0 aromatic heterocycles. The number of ether oxygens (including phenoxy) is 1. The Morgan fingerprint density at radius 1 is 1.18 bits per heavy atom. The van der Waals surface area contributed by atoms with Gasteiger partial charge in [-0.05, 0) is 30.9 Å². The Hall–Kier alpha value is -1.01. The molecule has 1 aromatic carbocycles. The Balaban J connectivity index is 1.90. The zero-order valence-corrected chi connectivity index (χ0v) is 11.4. The Bertz CT molecular complexity index is 408. The van der Waals surface area contributed by atoms with Gasteiger partial charge in [-0.2, -0.15) is 4.39 Å². The molecule has 0 radical (unpaired) electrons. The highest BCUT2D eigenvalue weighted by molar-refractivity contribution is 5.98. The monoisotopic (exact) mass is 262 g/mol. The smallest absolute Gasteiger partial charge is 0.203 e. The summed E-state index contributed by atoms with van der Waals surface area (Å²) >= 11 is 0. The topological polar surface area (TPSA) is 18.5 Å². The van der Waals surface area contributed by atoms with Gasteiger partial charge in [0, 0.05) is 6.10 Å². The lowest BCUT2D eigenvalue weighted by Crippen LogP contribution is -2.34. The number of halogens is 3. The van der Waals surface area contributed by atoms with Gasteiger partial charge in [0.1, 0.15) is 10.5 Å². The lowest BCUT2D eigenvalue weighted by molar-refractivity contribution is 0.0437. The number of hydrogen-bond acceptors (Lipinski definition) is 2. The first kappa shape index (κ1) is 12.4. The first-order valence-corrected chi connectivity index (χ1v) is 6.22. The van der Waals surface area contributed by atoms with Crippen LogP contribution in [0.2, 0.25) is 0 Å². The van der Waals surface area contributed by atoms with E-state index >= 15 is 0 Å². The molecule has 17 heavy (non-hydrogen) atoms. The Labute approximate surface area is 100 Å². The van der Waals surface area contributed by atoms with Gasteiger partial charge in [0.2, 0.25) is 5.82 Å². The molecule has 1 fully saturated rings. The van der Waals surface area contributed by atoms with Crippen LogP contribution in [0.1, 0.15) is 12.8 Å². The van der Waals surface area contributed by atoms with Crippen molar-refractivity contribution < 1.29 is 22.3 Å². The maximum atomic E-state index is 13.2. The van der Waals surface area contributed by atoms with Crippen molar-refractivity contribution >= 4 is 10.5 Å². The normalized spacial score (nSPS) is 23.5. The zero-order valence-electron chi connectivity index (χ0n) is 9.38. The summed E-state index contributed by atoms with van der Waals surface area (Å²) in [5.74, 6) is -3.89. The van der Waals surface area contributed by atoms with E-state index in [-0.39, 0.29) is 5.75 Å². The molecule has 0 bridgehead atoms. The maximum absolute atomic E-state index is 13.2. The van der Waals surface area contributed by atoms with Crippen molar-refractivity contribution in [2.24, 2.45) is 5.92 Å². The molecule has 0 saturated heterocycles. The van der Waals surface area contributed by atoms with E-state index in [1.165, 1.54) is 0 Å². The van der Waals surface area contributed by atoms with Crippen LogP contribution in [0, 0.1) is 23.4 Å². The molecule has 0 heterocycles. The van der Waals surface area contributed by atoms with Crippen LogP contribution in [0.25, 0.3) is 0 Å². The van der Waals surface area contributed by atoms with Gasteiger partial charge in [0.15, 0.2) is 17.4 Å². The molecule has 2 nitrogen and oxygen atoms in total. The molecular weight excluding hydrogens is 249 g/mol. The second-order valence-electron chi connectivity index (χ2n) is 4.18. The lowest BCUT2D eigenvalue weighted by Gasteiger charge is -2.34. The Kier molecular flexibility index (Phi) is 3.73. The van der Waals surface area contributed by atoms with Crippen molar-refractivity contribution in [1.29, 1.82) is 0 Å². The van der Waals surface area contributed by atoms with E-state index in [1.807, 2.05) is 0 Å². The van der Waals surface area contributed by atoms with Gasteiger partial charge in [-0.25, -0.2) is 8.78 Å². The molecule has 1 aliphatic rings. The van der Waals surface area contributed by atoms with Crippen molar-refractivity contribution in [3.63, 3.8) is 0 Å². The Morgan fingerprint density at radius 2 is 1.88 bits per heavy atom. The highest BCUT2D eigenvalue weighted by Gasteiger charge is 2.29. The third kappa shape index (κ3) is 2.63. The van der Waals surface area contributed by atoms with Crippen LogP contribution in [0.15, 0.2) is 12.1 Å². The molecule has 1 aromatic rings. The van der Waals surface area contributed by atoms with Crippen LogP contribution in [-0.4, -0.2) is 23.2 Å². The molecule has 94 valence electrons.